The summed E-state index contributed by atoms with van der Waals surface area (Å²) in [7, 11) is 0. The van der Waals surface area contributed by atoms with Gasteiger partial charge < -0.3 is 14.5 Å². The van der Waals surface area contributed by atoms with Crippen LogP contribution in [0.15, 0.2) is 18.2 Å². The number of likely N-dealkylation sites (tertiary alicyclic amines) is 1. The van der Waals surface area contributed by atoms with Gasteiger partial charge in [-0.3, -0.25) is 14.9 Å². The minimum atomic E-state index is -0.691. The molecule has 1 amide bonds. The Bertz CT molecular complexity index is 745. The van der Waals surface area contributed by atoms with E-state index in [1.54, 1.807) is 11.0 Å². The first kappa shape index (κ1) is 20.1. The molecule has 0 spiro atoms. The van der Waals surface area contributed by atoms with Gasteiger partial charge in [0.05, 0.1) is 16.2 Å². The van der Waals surface area contributed by atoms with Gasteiger partial charge in [0.2, 0.25) is 0 Å². The fourth-order valence-electron chi connectivity index (χ4n) is 4.08. The summed E-state index contributed by atoms with van der Waals surface area (Å²) in [6.07, 6.45) is 5.94. The maximum atomic E-state index is 12.7. The third-order valence-electron chi connectivity index (χ3n) is 5.60. The molecule has 2 fully saturated rings. The number of benzene rings is 1. The van der Waals surface area contributed by atoms with E-state index >= 15 is 0 Å². The predicted octanol–water partition coefficient (Wildman–Crippen LogP) is 3.14. The van der Waals surface area contributed by atoms with Crippen molar-refractivity contribution in [3.63, 3.8) is 0 Å². The fourth-order valence-corrected chi connectivity index (χ4v) is 4.08. The SMILES string of the molecule is CC[C@H]1CCCCN1C(=O)COC(=O)c1cc([N+](=O)[O-])ccc1N1CCCC1. The lowest BCUT2D eigenvalue weighted by Crippen LogP contribution is -2.45. The molecule has 0 aromatic heterocycles. The Kier molecular flexibility index (Phi) is 6.49. The molecule has 3 rings (SSSR count). The largest absolute Gasteiger partial charge is 0.452 e. The molecule has 1 atom stereocenters. The number of nitro groups is 1. The minimum absolute atomic E-state index is 0.148. The van der Waals surface area contributed by atoms with Gasteiger partial charge in [0.1, 0.15) is 0 Å². The van der Waals surface area contributed by atoms with Crippen LogP contribution in [-0.2, 0) is 9.53 Å². The molecule has 8 nitrogen and oxygen atoms in total. The van der Waals surface area contributed by atoms with Gasteiger partial charge in [0, 0.05) is 37.8 Å². The predicted molar refractivity (Wildman–Crippen MR) is 104 cm³/mol. The average molecular weight is 389 g/mol. The lowest BCUT2D eigenvalue weighted by molar-refractivity contribution is -0.384. The fraction of sp³-hybridized carbons (Fsp3) is 0.600. The highest BCUT2D eigenvalue weighted by atomic mass is 16.6. The number of hydrogen-bond donors (Lipinski definition) is 0. The molecule has 0 unspecified atom stereocenters. The van der Waals surface area contributed by atoms with Crippen molar-refractivity contribution >= 4 is 23.3 Å². The van der Waals surface area contributed by atoms with Crippen LogP contribution in [0.3, 0.4) is 0 Å². The number of anilines is 1. The van der Waals surface area contributed by atoms with Crippen LogP contribution < -0.4 is 4.90 Å². The van der Waals surface area contributed by atoms with Crippen LogP contribution >= 0.6 is 0 Å². The Hall–Kier alpha value is -2.64. The molecule has 2 heterocycles. The third kappa shape index (κ3) is 4.43. The Balaban J connectivity index is 1.72. The molecule has 0 radical (unpaired) electrons. The number of carbonyl (C=O) groups excluding carboxylic acids is 2. The Morgan fingerprint density at radius 3 is 2.57 bits per heavy atom. The molecule has 2 saturated heterocycles. The van der Waals surface area contributed by atoms with E-state index in [0.29, 0.717) is 12.2 Å². The molecule has 0 N–H and O–H groups in total. The number of piperidine rings is 1. The highest BCUT2D eigenvalue weighted by Gasteiger charge is 2.28. The quantitative estimate of drug-likeness (QED) is 0.422. The number of rotatable bonds is 6. The van der Waals surface area contributed by atoms with Gasteiger partial charge in [-0.25, -0.2) is 4.79 Å². The first-order valence-corrected chi connectivity index (χ1v) is 10.0. The lowest BCUT2D eigenvalue weighted by Gasteiger charge is -2.35. The summed E-state index contributed by atoms with van der Waals surface area (Å²) in [6.45, 7) is 3.99. The summed E-state index contributed by atoms with van der Waals surface area (Å²) in [4.78, 5) is 39.7. The lowest BCUT2D eigenvalue weighted by atomic mass is 10.00. The molecule has 28 heavy (non-hydrogen) atoms. The standard InChI is InChI=1S/C20H27N3O5/c1-2-15-7-3-4-12-22(15)19(24)14-28-20(25)17-13-16(23(26)27)8-9-18(17)21-10-5-6-11-21/h8-9,13,15H,2-7,10-12,14H2,1H3/t15-/m0/s1. The number of ether oxygens (including phenoxy) is 1. The van der Waals surface area contributed by atoms with Crippen molar-refractivity contribution < 1.29 is 19.2 Å². The molecular weight excluding hydrogens is 362 g/mol. The first-order valence-electron chi connectivity index (χ1n) is 10.0. The number of nitro benzene ring substituents is 1. The maximum absolute atomic E-state index is 12.7. The Morgan fingerprint density at radius 2 is 1.89 bits per heavy atom. The van der Waals surface area contributed by atoms with Crippen molar-refractivity contribution in [2.24, 2.45) is 0 Å². The van der Waals surface area contributed by atoms with Crippen molar-refractivity contribution in [1.29, 1.82) is 0 Å². The van der Waals surface area contributed by atoms with Crippen LogP contribution in [0, 0.1) is 10.1 Å². The van der Waals surface area contributed by atoms with Crippen LogP contribution in [0.2, 0.25) is 0 Å². The van der Waals surface area contributed by atoms with Gasteiger partial charge in [-0.05, 0) is 44.6 Å². The third-order valence-corrected chi connectivity index (χ3v) is 5.60. The summed E-state index contributed by atoms with van der Waals surface area (Å²) in [5, 5.41) is 11.1. The molecule has 0 bridgehead atoms. The monoisotopic (exact) mass is 389 g/mol. The second kappa shape index (κ2) is 9.03. The zero-order valence-electron chi connectivity index (χ0n) is 16.3. The van der Waals surface area contributed by atoms with Gasteiger partial charge in [-0.15, -0.1) is 0 Å². The normalized spacial score (nSPS) is 19.5. The van der Waals surface area contributed by atoms with E-state index in [-0.39, 0.29) is 29.8 Å². The zero-order valence-corrected chi connectivity index (χ0v) is 16.3. The zero-order chi connectivity index (χ0) is 20.1. The summed E-state index contributed by atoms with van der Waals surface area (Å²) < 4.78 is 5.29. The van der Waals surface area contributed by atoms with Gasteiger partial charge in [-0.2, -0.15) is 0 Å². The van der Waals surface area contributed by atoms with E-state index in [0.717, 1.165) is 51.6 Å². The smallest absolute Gasteiger partial charge is 0.341 e. The van der Waals surface area contributed by atoms with Crippen LogP contribution in [0.5, 0.6) is 0 Å². The van der Waals surface area contributed by atoms with Crippen LogP contribution in [0.4, 0.5) is 11.4 Å². The molecule has 1 aromatic carbocycles. The van der Waals surface area contributed by atoms with Crippen molar-refractivity contribution in [2.45, 2.75) is 51.5 Å². The summed E-state index contributed by atoms with van der Waals surface area (Å²) >= 11 is 0. The molecule has 0 aliphatic carbocycles. The molecule has 0 saturated carbocycles. The highest BCUT2D eigenvalue weighted by Crippen LogP contribution is 2.29. The van der Waals surface area contributed by atoms with Crippen molar-refractivity contribution in [1.82, 2.24) is 4.90 Å². The van der Waals surface area contributed by atoms with E-state index in [2.05, 4.69) is 0 Å². The molecule has 2 aliphatic heterocycles. The van der Waals surface area contributed by atoms with E-state index < -0.39 is 10.9 Å². The van der Waals surface area contributed by atoms with E-state index in [1.165, 1.54) is 12.1 Å². The molecule has 8 heteroatoms. The Labute approximate surface area is 164 Å². The van der Waals surface area contributed by atoms with E-state index in [1.807, 2.05) is 11.8 Å². The van der Waals surface area contributed by atoms with Gasteiger partial charge in [-0.1, -0.05) is 6.92 Å². The number of hydrogen-bond acceptors (Lipinski definition) is 6. The number of carbonyl (C=O) groups is 2. The minimum Gasteiger partial charge on any atom is -0.452 e. The topological polar surface area (TPSA) is 93.0 Å². The second-order valence-electron chi connectivity index (χ2n) is 7.37. The number of esters is 1. The molecule has 152 valence electrons. The molecular formula is C20H27N3O5. The van der Waals surface area contributed by atoms with Crippen molar-refractivity contribution in [3.8, 4) is 0 Å². The maximum Gasteiger partial charge on any atom is 0.341 e. The average Bonchev–Trinajstić information content (AvgIpc) is 3.25. The molecule has 1 aromatic rings. The summed E-state index contributed by atoms with van der Waals surface area (Å²) in [6, 6.07) is 4.43. The van der Waals surface area contributed by atoms with Gasteiger partial charge >= 0.3 is 5.97 Å². The van der Waals surface area contributed by atoms with Crippen molar-refractivity contribution in [2.75, 3.05) is 31.1 Å². The van der Waals surface area contributed by atoms with Crippen LogP contribution in [0.1, 0.15) is 55.8 Å². The number of non-ortho nitro benzene ring substituents is 1. The van der Waals surface area contributed by atoms with Crippen molar-refractivity contribution in [3.05, 3.63) is 33.9 Å². The number of nitrogens with zero attached hydrogens (tertiary/aromatic N) is 3. The van der Waals surface area contributed by atoms with Crippen LogP contribution in [-0.4, -0.2) is 54.0 Å². The Morgan fingerprint density at radius 1 is 1.18 bits per heavy atom. The number of amides is 1. The van der Waals surface area contributed by atoms with Crippen LogP contribution in [0.25, 0.3) is 0 Å². The van der Waals surface area contributed by atoms with Gasteiger partial charge in [0.25, 0.3) is 11.6 Å². The van der Waals surface area contributed by atoms with Gasteiger partial charge in [0.15, 0.2) is 6.61 Å². The summed E-state index contributed by atoms with van der Waals surface area (Å²) in [5.41, 5.74) is 0.614. The van der Waals surface area contributed by atoms with E-state index in [4.69, 9.17) is 4.74 Å². The second-order valence-corrected chi connectivity index (χ2v) is 7.37. The highest BCUT2D eigenvalue weighted by molar-refractivity contribution is 5.97. The summed E-state index contributed by atoms with van der Waals surface area (Å²) in [5.74, 6) is -0.892. The molecule has 2 aliphatic rings. The first-order chi connectivity index (χ1) is 13.5. The van der Waals surface area contributed by atoms with E-state index in [9.17, 15) is 19.7 Å².